The molecular weight excluding hydrogens is 226 g/mol. The average molecular weight is 249 g/mol. The van der Waals surface area contributed by atoms with Crippen LogP contribution >= 0.6 is 0 Å². The van der Waals surface area contributed by atoms with Crippen LogP contribution in [0.1, 0.15) is 32.3 Å². The molecule has 0 aliphatic rings. The second-order valence-electron chi connectivity index (χ2n) is 5.20. The molecule has 2 N–H and O–H groups in total. The number of esters is 1. The number of benzene rings is 1. The molecule has 0 saturated heterocycles. The first kappa shape index (κ1) is 14.7. The molecule has 0 radical (unpaired) electrons. The number of methoxy groups -OCH3 is 1. The van der Waals surface area contributed by atoms with E-state index in [9.17, 15) is 4.79 Å². The van der Waals surface area contributed by atoms with E-state index >= 15 is 0 Å². The van der Waals surface area contributed by atoms with Crippen molar-refractivity contribution in [3.63, 3.8) is 0 Å². The number of hydrogen-bond acceptors (Lipinski definition) is 3. The Kier molecular flexibility index (Phi) is 5.35. The van der Waals surface area contributed by atoms with E-state index < -0.39 is 0 Å². The van der Waals surface area contributed by atoms with E-state index in [1.165, 1.54) is 7.11 Å². The van der Waals surface area contributed by atoms with Crippen LogP contribution in [0.25, 0.3) is 0 Å². The van der Waals surface area contributed by atoms with Gasteiger partial charge in [-0.1, -0.05) is 44.2 Å². The highest BCUT2D eigenvalue weighted by atomic mass is 16.5. The van der Waals surface area contributed by atoms with E-state index in [-0.39, 0.29) is 11.4 Å². The molecule has 18 heavy (non-hydrogen) atoms. The first-order valence-corrected chi connectivity index (χ1v) is 6.36. The molecule has 0 amide bonds. The van der Waals surface area contributed by atoms with Crippen LogP contribution in [0.3, 0.4) is 0 Å². The maximum absolute atomic E-state index is 11.7. The van der Waals surface area contributed by atoms with Crippen molar-refractivity contribution >= 4 is 5.97 Å². The minimum atomic E-state index is -0.317. The van der Waals surface area contributed by atoms with Gasteiger partial charge in [0.1, 0.15) is 0 Å². The van der Waals surface area contributed by atoms with Crippen molar-refractivity contribution in [3.8, 4) is 0 Å². The Morgan fingerprint density at radius 2 is 1.94 bits per heavy atom. The van der Waals surface area contributed by atoms with Gasteiger partial charge in [0.2, 0.25) is 0 Å². The van der Waals surface area contributed by atoms with E-state index in [1.54, 1.807) is 0 Å². The number of carbonyl (C=O) groups excluding carboxylic acids is 1. The number of rotatable bonds is 6. The number of ether oxygens (including phenoxy) is 1. The summed E-state index contributed by atoms with van der Waals surface area (Å²) in [6.07, 6.45) is 1.21. The maximum atomic E-state index is 11.7. The zero-order valence-electron chi connectivity index (χ0n) is 11.5. The first-order valence-electron chi connectivity index (χ1n) is 6.36. The highest BCUT2D eigenvalue weighted by Crippen LogP contribution is 2.34. The second-order valence-corrected chi connectivity index (χ2v) is 5.20. The highest BCUT2D eigenvalue weighted by Gasteiger charge is 2.34. The Bertz CT molecular complexity index is 375. The minimum Gasteiger partial charge on any atom is -0.469 e. The molecule has 3 nitrogen and oxygen atoms in total. The monoisotopic (exact) mass is 249 g/mol. The van der Waals surface area contributed by atoms with Crippen molar-refractivity contribution in [1.29, 1.82) is 0 Å². The van der Waals surface area contributed by atoms with Crippen LogP contribution < -0.4 is 5.73 Å². The molecule has 3 heteroatoms. The quantitative estimate of drug-likeness (QED) is 0.788. The van der Waals surface area contributed by atoms with Gasteiger partial charge in [-0.3, -0.25) is 4.79 Å². The van der Waals surface area contributed by atoms with Crippen molar-refractivity contribution < 1.29 is 9.53 Å². The van der Waals surface area contributed by atoms with Gasteiger partial charge in [-0.25, -0.2) is 0 Å². The van der Waals surface area contributed by atoms with Gasteiger partial charge in [0.05, 0.1) is 13.5 Å². The lowest BCUT2D eigenvalue weighted by molar-refractivity contribution is -0.142. The Labute approximate surface area is 109 Å². The summed E-state index contributed by atoms with van der Waals surface area (Å²) >= 11 is 0. The van der Waals surface area contributed by atoms with Crippen molar-refractivity contribution in [2.24, 2.45) is 11.7 Å². The molecule has 0 spiro atoms. The summed E-state index contributed by atoms with van der Waals surface area (Å²) in [5.41, 5.74) is 6.78. The topological polar surface area (TPSA) is 52.3 Å². The van der Waals surface area contributed by atoms with Crippen molar-refractivity contribution in [1.82, 2.24) is 0 Å². The molecule has 0 fully saturated rings. The van der Waals surface area contributed by atoms with Crippen LogP contribution in [0, 0.1) is 5.92 Å². The van der Waals surface area contributed by atoms with Crippen molar-refractivity contribution in [3.05, 3.63) is 35.9 Å². The van der Waals surface area contributed by atoms with E-state index in [4.69, 9.17) is 10.5 Å². The second kappa shape index (κ2) is 6.55. The summed E-state index contributed by atoms with van der Waals surface area (Å²) < 4.78 is 4.82. The molecule has 1 rings (SSSR count). The van der Waals surface area contributed by atoms with Gasteiger partial charge in [0.15, 0.2) is 0 Å². The summed E-state index contributed by atoms with van der Waals surface area (Å²) in [4.78, 5) is 11.7. The smallest absolute Gasteiger partial charge is 0.306 e. The Hall–Kier alpha value is -1.35. The normalized spacial score (nSPS) is 14.3. The summed E-state index contributed by atoms with van der Waals surface area (Å²) in [7, 11) is 1.42. The van der Waals surface area contributed by atoms with Crippen LogP contribution in [-0.2, 0) is 14.9 Å². The van der Waals surface area contributed by atoms with Crippen LogP contribution in [0.5, 0.6) is 0 Å². The zero-order chi connectivity index (χ0) is 13.6. The Balaban J connectivity index is 3.09. The van der Waals surface area contributed by atoms with Crippen molar-refractivity contribution in [2.75, 3.05) is 13.7 Å². The van der Waals surface area contributed by atoms with Crippen LogP contribution in [-0.4, -0.2) is 19.6 Å². The molecule has 1 unspecified atom stereocenters. The van der Waals surface area contributed by atoms with Gasteiger partial charge in [0.25, 0.3) is 0 Å². The first-order chi connectivity index (χ1) is 8.54. The standard InChI is InChI=1S/C15H23NO2/c1-12(2)9-15(11-16,10-14(17)18-3)13-7-5-4-6-8-13/h4-8,12H,9-11,16H2,1-3H3. The summed E-state index contributed by atoms with van der Waals surface area (Å²) in [6, 6.07) is 10.0. The summed E-state index contributed by atoms with van der Waals surface area (Å²) in [5.74, 6) is 0.267. The highest BCUT2D eigenvalue weighted by molar-refractivity contribution is 5.71. The average Bonchev–Trinajstić information content (AvgIpc) is 2.38. The van der Waals surface area contributed by atoms with E-state index in [0.29, 0.717) is 18.9 Å². The third-order valence-electron chi connectivity index (χ3n) is 3.29. The molecule has 1 aromatic rings. The van der Waals surface area contributed by atoms with Gasteiger partial charge in [-0.05, 0) is 17.9 Å². The minimum absolute atomic E-state index is 0.204. The van der Waals surface area contributed by atoms with E-state index in [0.717, 1.165) is 12.0 Å². The number of carbonyl (C=O) groups is 1. The molecule has 100 valence electrons. The predicted octanol–water partition coefficient (Wildman–Crippen LogP) is 2.49. The number of hydrogen-bond donors (Lipinski definition) is 1. The molecule has 0 aromatic heterocycles. The fourth-order valence-electron chi connectivity index (χ4n) is 2.49. The van der Waals surface area contributed by atoms with Gasteiger partial charge >= 0.3 is 5.97 Å². The van der Waals surface area contributed by atoms with Gasteiger partial charge in [0, 0.05) is 12.0 Å². The zero-order valence-corrected chi connectivity index (χ0v) is 11.5. The van der Waals surface area contributed by atoms with Gasteiger partial charge in [-0.2, -0.15) is 0 Å². The fourth-order valence-corrected chi connectivity index (χ4v) is 2.49. The summed E-state index contributed by atoms with van der Waals surface area (Å²) in [6.45, 7) is 4.74. The lowest BCUT2D eigenvalue weighted by Crippen LogP contribution is -2.39. The summed E-state index contributed by atoms with van der Waals surface area (Å²) in [5, 5.41) is 0. The fraction of sp³-hybridized carbons (Fsp3) is 0.533. The van der Waals surface area contributed by atoms with Crippen LogP contribution in [0.4, 0.5) is 0 Å². The molecule has 1 atom stereocenters. The largest absolute Gasteiger partial charge is 0.469 e. The van der Waals surface area contributed by atoms with Crippen LogP contribution in [0.15, 0.2) is 30.3 Å². The lowest BCUT2D eigenvalue weighted by atomic mass is 9.72. The molecule has 0 saturated carbocycles. The Morgan fingerprint density at radius 1 is 1.33 bits per heavy atom. The molecule has 1 aromatic carbocycles. The maximum Gasteiger partial charge on any atom is 0.306 e. The van der Waals surface area contributed by atoms with Gasteiger partial charge in [-0.15, -0.1) is 0 Å². The molecule has 0 bridgehead atoms. The molecule has 0 aliphatic heterocycles. The molecule has 0 aliphatic carbocycles. The predicted molar refractivity (Wildman–Crippen MR) is 73.3 cm³/mol. The van der Waals surface area contributed by atoms with Crippen LogP contribution in [0.2, 0.25) is 0 Å². The molecule has 0 heterocycles. The molecular formula is C15H23NO2. The van der Waals surface area contributed by atoms with Crippen molar-refractivity contribution in [2.45, 2.75) is 32.1 Å². The van der Waals surface area contributed by atoms with E-state index in [1.807, 2.05) is 30.3 Å². The lowest BCUT2D eigenvalue weighted by Gasteiger charge is -2.34. The van der Waals surface area contributed by atoms with E-state index in [2.05, 4.69) is 13.8 Å². The SMILES string of the molecule is COC(=O)CC(CN)(CC(C)C)c1ccccc1. The third-order valence-corrected chi connectivity index (χ3v) is 3.29. The third kappa shape index (κ3) is 3.57. The Morgan fingerprint density at radius 3 is 2.39 bits per heavy atom. The van der Waals surface area contributed by atoms with Gasteiger partial charge < -0.3 is 10.5 Å². The number of nitrogens with two attached hydrogens (primary N) is 1.